The van der Waals surface area contributed by atoms with Crippen LogP contribution in [0.3, 0.4) is 0 Å². The van der Waals surface area contributed by atoms with Crippen LogP contribution in [-0.2, 0) is 6.54 Å². The van der Waals surface area contributed by atoms with E-state index in [1.165, 1.54) is 17.6 Å². The lowest BCUT2D eigenvalue weighted by Gasteiger charge is -2.14. The van der Waals surface area contributed by atoms with Crippen LogP contribution >= 0.6 is 0 Å². The molecule has 1 nitrogen and oxygen atoms in total. The van der Waals surface area contributed by atoms with Crippen molar-refractivity contribution in [2.45, 2.75) is 19.9 Å². The van der Waals surface area contributed by atoms with Gasteiger partial charge in [-0.2, -0.15) is 0 Å². The van der Waals surface area contributed by atoms with Gasteiger partial charge in [0, 0.05) is 19.3 Å². The van der Waals surface area contributed by atoms with E-state index in [-0.39, 0.29) is 0 Å². The lowest BCUT2D eigenvalue weighted by Crippen LogP contribution is -2.13. The normalized spacial score (nSPS) is 16.1. The summed E-state index contributed by atoms with van der Waals surface area (Å²) in [6, 6.07) is 10.6. The molecule has 0 atom stereocenters. The standard InChI is InChI=1S/C14H17N/c1-2-6-13-9-10-15(11-13)12-14-7-4-3-5-8-14/h2-8,11H,9-10,12H2,1H3/b6-2+. The molecule has 0 spiro atoms. The molecule has 1 heterocycles. The second-order valence-electron chi connectivity index (χ2n) is 3.91. The number of nitrogens with zero attached hydrogens (tertiary/aromatic N) is 1. The summed E-state index contributed by atoms with van der Waals surface area (Å²) >= 11 is 0. The van der Waals surface area contributed by atoms with Crippen molar-refractivity contribution in [1.29, 1.82) is 0 Å². The predicted octanol–water partition coefficient (Wildman–Crippen LogP) is 3.35. The summed E-state index contributed by atoms with van der Waals surface area (Å²) in [7, 11) is 0. The first-order valence-corrected chi connectivity index (χ1v) is 5.50. The molecule has 1 aliphatic heterocycles. The second kappa shape index (κ2) is 4.83. The van der Waals surface area contributed by atoms with Gasteiger partial charge in [-0.25, -0.2) is 0 Å². The zero-order valence-corrected chi connectivity index (χ0v) is 9.19. The molecule has 1 aromatic rings. The van der Waals surface area contributed by atoms with Gasteiger partial charge in [-0.05, 0) is 24.5 Å². The van der Waals surface area contributed by atoms with Crippen molar-refractivity contribution in [2.75, 3.05) is 6.54 Å². The van der Waals surface area contributed by atoms with Gasteiger partial charge in [-0.3, -0.25) is 0 Å². The third-order valence-electron chi connectivity index (χ3n) is 2.65. The molecule has 1 heteroatoms. The van der Waals surface area contributed by atoms with E-state index in [1.54, 1.807) is 0 Å². The molecule has 2 rings (SSSR count). The van der Waals surface area contributed by atoms with E-state index in [2.05, 4.69) is 60.5 Å². The second-order valence-corrected chi connectivity index (χ2v) is 3.91. The first-order chi connectivity index (χ1) is 7.38. The van der Waals surface area contributed by atoms with Crippen molar-refractivity contribution in [3.8, 4) is 0 Å². The molecule has 78 valence electrons. The number of rotatable bonds is 3. The predicted molar refractivity (Wildman–Crippen MR) is 64.4 cm³/mol. The third kappa shape index (κ3) is 2.72. The van der Waals surface area contributed by atoms with Gasteiger partial charge in [0.2, 0.25) is 0 Å². The molecule has 1 aromatic carbocycles. The van der Waals surface area contributed by atoms with Crippen molar-refractivity contribution in [3.63, 3.8) is 0 Å². The SMILES string of the molecule is C/C=C/C1=CN(Cc2ccccc2)CC1. The summed E-state index contributed by atoms with van der Waals surface area (Å²) in [4.78, 5) is 2.38. The molecular formula is C14H17N. The van der Waals surface area contributed by atoms with Crippen LogP contribution in [0.15, 0.2) is 54.3 Å². The van der Waals surface area contributed by atoms with Crippen molar-refractivity contribution >= 4 is 0 Å². The largest absolute Gasteiger partial charge is 0.372 e. The van der Waals surface area contributed by atoms with Crippen molar-refractivity contribution < 1.29 is 0 Å². The van der Waals surface area contributed by atoms with E-state index in [9.17, 15) is 0 Å². The minimum Gasteiger partial charge on any atom is -0.372 e. The summed E-state index contributed by atoms with van der Waals surface area (Å²) in [6.45, 7) is 4.25. The molecule has 1 aliphatic rings. The summed E-state index contributed by atoms with van der Waals surface area (Å²) < 4.78 is 0. The number of benzene rings is 1. The van der Waals surface area contributed by atoms with Crippen molar-refractivity contribution in [2.24, 2.45) is 0 Å². The lowest BCUT2D eigenvalue weighted by atomic mass is 10.2. The Morgan fingerprint density at radius 2 is 2.07 bits per heavy atom. The van der Waals surface area contributed by atoms with Crippen LogP contribution in [0.5, 0.6) is 0 Å². The van der Waals surface area contributed by atoms with E-state index in [1.807, 2.05) is 0 Å². The summed E-state index contributed by atoms with van der Waals surface area (Å²) in [5.41, 5.74) is 2.82. The molecular weight excluding hydrogens is 182 g/mol. The molecule has 0 aliphatic carbocycles. The Bertz CT molecular complexity index is 362. The van der Waals surface area contributed by atoms with Gasteiger partial charge in [0.15, 0.2) is 0 Å². The maximum Gasteiger partial charge on any atom is 0.0424 e. The quantitative estimate of drug-likeness (QED) is 0.721. The van der Waals surface area contributed by atoms with Crippen molar-refractivity contribution in [1.82, 2.24) is 4.90 Å². The molecule has 0 bridgehead atoms. The molecule has 0 radical (unpaired) electrons. The van der Waals surface area contributed by atoms with Crippen LogP contribution in [-0.4, -0.2) is 11.4 Å². The molecule has 0 N–H and O–H groups in total. The van der Waals surface area contributed by atoms with Gasteiger partial charge in [-0.1, -0.05) is 42.5 Å². The summed E-state index contributed by atoms with van der Waals surface area (Å²) in [5.74, 6) is 0. The van der Waals surface area contributed by atoms with Crippen LogP contribution in [0.2, 0.25) is 0 Å². The summed E-state index contributed by atoms with van der Waals surface area (Å²) in [6.07, 6.45) is 7.76. The van der Waals surface area contributed by atoms with Crippen LogP contribution in [0.25, 0.3) is 0 Å². The maximum absolute atomic E-state index is 2.38. The lowest BCUT2D eigenvalue weighted by molar-refractivity contribution is 0.400. The Balaban J connectivity index is 1.98. The smallest absolute Gasteiger partial charge is 0.0424 e. The van der Waals surface area contributed by atoms with Gasteiger partial charge >= 0.3 is 0 Å². The fourth-order valence-electron chi connectivity index (χ4n) is 1.92. The number of hydrogen-bond acceptors (Lipinski definition) is 1. The zero-order chi connectivity index (χ0) is 10.5. The van der Waals surface area contributed by atoms with E-state index >= 15 is 0 Å². The molecule has 0 saturated carbocycles. The Kier molecular flexibility index (Phi) is 3.23. The highest BCUT2D eigenvalue weighted by Crippen LogP contribution is 2.17. The van der Waals surface area contributed by atoms with Crippen molar-refractivity contribution in [3.05, 3.63) is 59.8 Å². The first-order valence-electron chi connectivity index (χ1n) is 5.50. The van der Waals surface area contributed by atoms with Gasteiger partial charge in [-0.15, -0.1) is 0 Å². The van der Waals surface area contributed by atoms with Crippen LogP contribution in [0, 0.1) is 0 Å². The van der Waals surface area contributed by atoms with Crippen LogP contribution in [0.4, 0.5) is 0 Å². The Morgan fingerprint density at radius 1 is 1.27 bits per heavy atom. The topological polar surface area (TPSA) is 3.24 Å². The average Bonchev–Trinajstić information content (AvgIpc) is 2.68. The number of hydrogen-bond donors (Lipinski definition) is 0. The van der Waals surface area contributed by atoms with Gasteiger partial charge in [0.25, 0.3) is 0 Å². The Hall–Kier alpha value is -1.50. The minimum atomic E-state index is 1.03. The number of allylic oxidation sites excluding steroid dienone is 2. The monoisotopic (exact) mass is 199 g/mol. The Morgan fingerprint density at radius 3 is 2.80 bits per heavy atom. The van der Waals surface area contributed by atoms with Crippen LogP contribution in [0.1, 0.15) is 18.9 Å². The fraction of sp³-hybridized carbons (Fsp3) is 0.286. The van der Waals surface area contributed by atoms with E-state index in [0.29, 0.717) is 0 Å². The molecule has 0 aromatic heterocycles. The fourth-order valence-corrected chi connectivity index (χ4v) is 1.92. The highest BCUT2D eigenvalue weighted by molar-refractivity contribution is 5.23. The van der Waals surface area contributed by atoms with Gasteiger partial charge < -0.3 is 4.90 Å². The third-order valence-corrected chi connectivity index (χ3v) is 2.65. The average molecular weight is 199 g/mol. The van der Waals surface area contributed by atoms with Crippen LogP contribution < -0.4 is 0 Å². The molecule has 0 saturated heterocycles. The van der Waals surface area contributed by atoms with E-state index in [4.69, 9.17) is 0 Å². The molecule has 0 unspecified atom stereocenters. The highest BCUT2D eigenvalue weighted by atomic mass is 15.1. The highest BCUT2D eigenvalue weighted by Gasteiger charge is 2.09. The molecule has 0 fully saturated rings. The minimum absolute atomic E-state index is 1.03. The Labute approximate surface area is 91.7 Å². The van der Waals surface area contributed by atoms with E-state index in [0.717, 1.165) is 13.1 Å². The van der Waals surface area contributed by atoms with Gasteiger partial charge in [0.05, 0.1) is 0 Å². The first kappa shape index (κ1) is 10.0. The van der Waals surface area contributed by atoms with E-state index < -0.39 is 0 Å². The molecule has 15 heavy (non-hydrogen) atoms. The summed E-state index contributed by atoms with van der Waals surface area (Å²) in [5, 5.41) is 0. The molecule has 0 amide bonds. The zero-order valence-electron chi connectivity index (χ0n) is 9.19. The maximum atomic E-state index is 2.38. The van der Waals surface area contributed by atoms with Gasteiger partial charge in [0.1, 0.15) is 0 Å².